The molecule has 0 heterocycles. The maximum atomic E-state index is 13.6. The number of rotatable bonds is 18. The van der Waals surface area contributed by atoms with Crippen LogP contribution < -0.4 is 4.74 Å². The zero-order valence-electron chi connectivity index (χ0n) is 25.6. The molecule has 0 saturated carbocycles. The molecule has 0 saturated heterocycles. The van der Waals surface area contributed by atoms with E-state index in [1.165, 1.54) is 74.8 Å². The van der Waals surface area contributed by atoms with Crippen molar-refractivity contribution in [3.8, 4) is 16.9 Å². The van der Waals surface area contributed by atoms with Gasteiger partial charge in [0.05, 0.1) is 5.56 Å². The molecular formula is C37H45F3O3. The summed E-state index contributed by atoms with van der Waals surface area (Å²) in [5, 5.41) is 0. The fourth-order valence-corrected chi connectivity index (χ4v) is 5.22. The number of halogens is 3. The van der Waals surface area contributed by atoms with E-state index < -0.39 is 23.8 Å². The van der Waals surface area contributed by atoms with Crippen molar-refractivity contribution in [1.82, 2.24) is 0 Å². The Hall–Kier alpha value is -3.41. The molecule has 0 bridgehead atoms. The third-order valence-corrected chi connectivity index (χ3v) is 7.88. The van der Waals surface area contributed by atoms with Crippen molar-refractivity contribution in [1.29, 1.82) is 0 Å². The number of benzene rings is 3. The maximum absolute atomic E-state index is 13.6. The number of ether oxygens (including phenoxy) is 1. The first-order valence-electron chi connectivity index (χ1n) is 15.9. The van der Waals surface area contributed by atoms with Gasteiger partial charge in [-0.15, -0.1) is 0 Å². The maximum Gasteiger partial charge on any atom is 0.398 e. The van der Waals surface area contributed by atoms with Crippen LogP contribution in [0.4, 0.5) is 13.2 Å². The van der Waals surface area contributed by atoms with Crippen molar-refractivity contribution >= 4 is 11.8 Å². The zero-order chi connectivity index (χ0) is 31.1. The number of carbonyl (C=O) groups excluding carboxylic acids is 2. The lowest BCUT2D eigenvalue weighted by atomic mass is 9.91. The number of carbonyl (C=O) groups is 2. The highest BCUT2D eigenvalue weighted by Gasteiger charge is 2.44. The van der Waals surface area contributed by atoms with Crippen molar-refractivity contribution in [2.24, 2.45) is 5.92 Å². The molecule has 0 aliphatic heterocycles. The molecule has 3 aromatic rings. The molecule has 3 aromatic carbocycles. The number of ketones is 1. The molecule has 0 aliphatic rings. The summed E-state index contributed by atoms with van der Waals surface area (Å²) in [6, 6.07) is 20.9. The fraction of sp³-hybridized carbons (Fsp3) is 0.459. The number of alkyl halides is 3. The van der Waals surface area contributed by atoms with E-state index in [1.807, 2.05) is 19.1 Å². The molecule has 0 N–H and O–H groups in total. The fourth-order valence-electron chi connectivity index (χ4n) is 5.22. The minimum atomic E-state index is -4.60. The summed E-state index contributed by atoms with van der Waals surface area (Å²) in [6.45, 7) is 4.22. The molecule has 6 heteroatoms. The highest BCUT2D eigenvalue weighted by atomic mass is 19.4. The number of aryl methyl sites for hydroxylation is 1. The van der Waals surface area contributed by atoms with E-state index in [4.69, 9.17) is 4.74 Å². The first kappa shape index (κ1) is 34.1. The van der Waals surface area contributed by atoms with Gasteiger partial charge in [-0.2, -0.15) is 13.2 Å². The van der Waals surface area contributed by atoms with Gasteiger partial charge in [0.1, 0.15) is 11.7 Å². The molecule has 0 spiro atoms. The summed E-state index contributed by atoms with van der Waals surface area (Å²) in [4.78, 5) is 25.3. The van der Waals surface area contributed by atoms with E-state index in [9.17, 15) is 22.8 Å². The van der Waals surface area contributed by atoms with Crippen molar-refractivity contribution < 1.29 is 27.5 Å². The van der Waals surface area contributed by atoms with E-state index in [-0.39, 0.29) is 17.7 Å². The molecule has 3 nitrogen and oxygen atoms in total. The van der Waals surface area contributed by atoms with Gasteiger partial charge in [0, 0.05) is 5.56 Å². The van der Waals surface area contributed by atoms with Crippen LogP contribution in [-0.2, 0) is 6.42 Å². The lowest BCUT2D eigenvalue weighted by molar-refractivity contribution is -0.162. The molecule has 1 unspecified atom stereocenters. The summed E-state index contributed by atoms with van der Waals surface area (Å²) in [5.41, 5.74) is 3.67. The first-order chi connectivity index (χ1) is 20.7. The Bertz CT molecular complexity index is 1250. The second kappa shape index (κ2) is 17.6. The number of Topliss-reactive ketones (excluding diaryl/α,β-unsaturated/α-hetero) is 1. The topological polar surface area (TPSA) is 43.4 Å². The Morgan fingerprint density at radius 1 is 0.628 bits per heavy atom. The van der Waals surface area contributed by atoms with E-state index in [0.29, 0.717) is 18.4 Å². The first-order valence-corrected chi connectivity index (χ1v) is 15.9. The average molecular weight is 595 g/mol. The van der Waals surface area contributed by atoms with E-state index in [0.717, 1.165) is 30.4 Å². The Kier molecular flexibility index (Phi) is 14.0. The molecule has 0 amide bonds. The van der Waals surface area contributed by atoms with E-state index in [1.54, 1.807) is 12.1 Å². The number of unbranched alkanes of at least 4 members (excludes halogenated alkanes) is 9. The van der Waals surface area contributed by atoms with Crippen LogP contribution in [0, 0.1) is 5.92 Å². The minimum Gasteiger partial charge on any atom is -0.423 e. The molecule has 0 aliphatic carbocycles. The summed E-state index contributed by atoms with van der Waals surface area (Å²) < 4.78 is 46.1. The standard InChI is InChI=1S/C37H45F3O3/c1-3-5-7-9-10-11-12-14-28-16-18-29(19-17-28)30-20-22-32(23-21-30)36(42)43-33-26-24-31(25-27-33)35(41)34(37(38,39)40)15-13-8-6-4-2/h16-27,34H,3-15H2,1-2H3. The second-order valence-corrected chi connectivity index (χ2v) is 11.4. The summed E-state index contributed by atoms with van der Waals surface area (Å²) in [7, 11) is 0. The summed E-state index contributed by atoms with van der Waals surface area (Å²) in [6.07, 6.45) is 8.06. The highest BCUT2D eigenvalue weighted by molar-refractivity contribution is 5.98. The van der Waals surface area contributed by atoms with Crippen LogP contribution in [0.3, 0.4) is 0 Å². The molecule has 0 fully saturated rings. The van der Waals surface area contributed by atoms with Crippen LogP contribution in [0.25, 0.3) is 11.1 Å². The van der Waals surface area contributed by atoms with Crippen LogP contribution in [-0.4, -0.2) is 17.9 Å². The monoisotopic (exact) mass is 594 g/mol. The summed E-state index contributed by atoms with van der Waals surface area (Å²) in [5.74, 6) is -3.41. The van der Waals surface area contributed by atoms with Gasteiger partial charge in [0.2, 0.25) is 0 Å². The van der Waals surface area contributed by atoms with Gasteiger partial charge >= 0.3 is 12.1 Å². The van der Waals surface area contributed by atoms with Gasteiger partial charge in [0.15, 0.2) is 5.78 Å². The Labute approximate surface area is 254 Å². The molecule has 0 aromatic heterocycles. The van der Waals surface area contributed by atoms with Crippen molar-refractivity contribution in [3.05, 3.63) is 89.5 Å². The van der Waals surface area contributed by atoms with Crippen molar-refractivity contribution in [2.45, 2.75) is 103 Å². The van der Waals surface area contributed by atoms with Crippen LogP contribution in [0.2, 0.25) is 0 Å². The third kappa shape index (κ3) is 11.3. The minimum absolute atomic E-state index is 0.0459. The normalized spacial score (nSPS) is 12.2. The van der Waals surface area contributed by atoms with Gasteiger partial charge in [0.25, 0.3) is 0 Å². The lowest BCUT2D eigenvalue weighted by Crippen LogP contribution is -2.30. The molecular weight excluding hydrogens is 549 g/mol. The van der Waals surface area contributed by atoms with E-state index >= 15 is 0 Å². The predicted molar refractivity (Wildman–Crippen MR) is 168 cm³/mol. The van der Waals surface area contributed by atoms with Gasteiger partial charge in [-0.25, -0.2) is 4.79 Å². The van der Waals surface area contributed by atoms with Crippen LogP contribution in [0.5, 0.6) is 5.75 Å². The van der Waals surface area contributed by atoms with Gasteiger partial charge in [-0.3, -0.25) is 4.79 Å². The molecule has 1 atom stereocenters. The van der Waals surface area contributed by atoms with Crippen molar-refractivity contribution in [2.75, 3.05) is 0 Å². The van der Waals surface area contributed by atoms with Crippen LogP contribution in [0.1, 0.15) is 117 Å². The SMILES string of the molecule is CCCCCCCCCc1ccc(-c2ccc(C(=O)Oc3ccc(C(=O)C(CCCCCC)C(F)(F)F)cc3)cc2)cc1. The van der Waals surface area contributed by atoms with Gasteiger partial charge in [-0.05, 0) is 72.4 Å². The zero-order valence-corrected chi connectivity index (χ0v) is 25.6. The molecule has 3 rings (SSSR count). The number of hydrogen-bond donors (Lipinski definition) is 0. The Balaban J connectivity index is 1.52. The average Bonchev–Trinajstić information content (AvgIpc) is 3.00. The highest BCUT2D eigenvalue weighted by Crippen LogP contribution is 2.34. The molecule has 0 radical (unpaired) electrons. The largest absolute Gasteiger partial charge is 0.423 e. The molecule has 43 heavy (non-hydrogen) atoms. The van der Waals surface area contributed by atoms with Crippen LogP contribution >= 0.6 is 0 Å². The van der Waals surface area contributed by atoms with Crippen molar-refractivity contribution in [3.63, 3.8) is 0 Å². The predicted octanol–water partition coefficient (Wildman–Crippen LogP) is 11.2. The Morgan fingerprint density at radius 3 is 1.67 bits per heavy atom. The van der Waals surface area contributed by atoms with E-state index in [2.05, 4.69) is 31.2 Å². The third-order valence-electron chi connectivity index (χ3n) is 7.88. The van der Waals surface area contributed by atoms with Gasteiger partial charge < -0.3 is 4.74 Å². The Morgan fingerprint density at radius 2 is 1.12 bits per heavy atom. The molecule has 232 valence electrons. The quantitative estimate of drug-likeness (QED) is 0.0637. The smallest absolute Gasteiger partial charge is 0.398 e. The number of hydrogen-bond acceptors (Lipinski definition) is 3. The van der Waals surface area contributed by atoms with Gasteiger partial charge in [-0.1, -0.05) is 114 Å². The van der Waals surface area contributed by atoms with Crippen LogP contribution in [0.15, 0.2) is 72.8 Å². The second-order valence-electron chi connectivity index (χ2n) is 11.4. The lowest BCUT2D eigenvalue weighted by Gasteiger charge is -2.19. The number of esters is 1. The summed E-state index contributed by atoms with van der Waals surface area (Å²) >= 11 is 0.